The Bertz CT molecular complexity index is 1180. The largest absolute Gasteiger partial charge is 0.486 e. The molecule has 9 nitrogen and oxygen atoms in total. The van der Waals surface area contributed by atoms with Crippen LogP contribution in [0.3, 0.4) is 0 Å². The van der Waals surface area contributed by atoms with Crippen LogP contribution in [0.2, 0.25) is 5.02 Å². The molecular formula is C23H24ClN5O4S. The molecule has 34 heavy (non-hydrogen) atoms. The Hall–Kier alpha value is -3.37. The van der Waals surface area contributed by atoms with Crippen LogP contribution in [0.4, 0.5) is 11.4 Å². The normalized spacial score (nSPS) is 10.8. The van der Waals surface area contributed by atoms with E-state index in [-0.39, 0.29) is 34.7 Å². The molecule has 0 spiro atoms. The van der Waals surface area contributed by atoms with Crippen LogP contribution in [0.25, 0.3) is 0 Å². The van der Waals surface area contributed by atoms with Crippen LogP contribution in [-0.2, 0) is 17.9 Å². The van der Waals surface area contributed by atoms with E-state index >= 15 is 0 Å². The molecule has 3 rings (SSSR count). The molecule has 1 amide bonds. The molecule has 0 atom stereocenters. The Morgan fingerprint density at radius 2 is 2.03 bits per heavy atom. The highest BCUT2D eigenvalue weighted by Crippen LogP contribution is 2.28. The first kappa shape index (κ1) is 25.3. The molecule has 0 unspecified atom stereocenters. The SMILES string of the molecule is C=CCn1c(COc2ccc(C(C)C)cc2)nnc1SCC(=O)Nc1ccc(Cl)c([N+](=O)[O-])c1. The van der Waals surface area contributed by atoms with Crippen molar-refractivity contribution in [1.82, 2.24) is 14.8 Å². The van der Waals surface area contributed by atoms with Gasteiger partial charge in [0.1, 0.15) is 17.4 Å². The third kappa shape index (κ3) is 6.58. The van der Waals surface area contributed by atoms with Crippen LogP contribution in [0.1, 0.15) is 31.2 Å². The van der Waals surface area contributed by atoms with Gasteiger partial charge in [0.15, 0.2) is 11.0 Å². The maximum Gasteiger partial charge on any atom is 0.289 e. The Morgan fingerprint density at radius 1 is 1.29 bits per heavy atom. The summed E-state index contributed by atoms with van der Waals surface area (Å²) in [6.07, 6.45) is 1.71. The highest BCUT2D eigenvalue weighted by atomic mass is 35.5. The average Bonchev–Trinajstić information content (AvgIpc) is 3.19. The molecule has 0 saturated carbocycles. The minimum atomic E-state index is -0.604. The Balaban J connectivity index is 1.61. The standard InChI is InChI=1S/C23H24ClN5O4S/c1-4-11-28-21(13-33-18-8-5-16(6-9-18)15(2)3)26-27-23(28)34-14-22(30)25-17-7-10-19(24)20(12-17)29(31)32/h4-10,12,15H,1,11,13-14H2,2-3H3,(H,25,30). The van der Waals surface area contributed by atoms with Gasteiger partial charge in [-0.1, -0.05) is 55.4 Å². The number of benzene rings is 2. The summed E-state index contributed by atoms with van der Waals surface area (Å²) in [6.45, 7) is 8.70. The third-order valence-corrected chi connectivity index (χ3v) is 6.07. The van der Waals surface area contributed by atoms with Crippen molar-refractivity contribution in [2.45, 2.75) is 38.1 Å². The minimum Gasteiger partial charge on any atom is -0.486 e. The number of hydrogen-bond acceptors (Lipinski definition) is 7. The van der Waals surface area contributed by atoms with Gasteiger partial charge in [-0.3, -0.25) is 19.5 Å². The maximum absolute atomic E-state index is 12.4. The number of nitro benzene ring substituents is 1. The van der Waals surface area contributed by atoms with Gasteiger partial charge < -0.3 is 10.1 Å². The molecule has 2 aromatic carbocycles. The van der Waals surface area contributed by atoms with E-state index in [1.54, 1.807) is 6.08 Å². The molecule has 0 fully saturated rings. The van der Waals surface area contributed by atoms with E-state index in [0.29, 0.717) is 23.4 Å². The second kappa shape index (κ2) is 11.7. The van der Waals surface area contributed by atoms with Gasteiger partial charge in [-0.25, -0.2) is 0 Å². The van der Waals surface area contributed by atoms with Gasteiger partial charge in [-0.2, -0.15) is 0 Å². The maximum atomic E-state index is 12.4. The minimum absolute atomic E-state index is 0.000476. The number of carbonyl (C=O) groups is 1. The molecule has 0 radical (unpaired) electrons. The number of nitrogens with one attached hydrogen (secondary N) is 1. The molecule has 178 valence electrons. The summed E-state index contributed by atoms with van der Waals surface area (Å²) < 4.78 is 7.68. The topological polar surface area (TPSA) is 112 Å². The lowest BCUT2D eigenvalue weighted by Gasteiger charge is -2.10. The third-order valence-electron chi connectivity index (χ3n) is 4.78. The first-order valence-electron chi connectivity index (χ1n) is 10.4. The summed E-state index contributed by atoms with van der Waals surface area (Å²) in [5.74, 6) is 1.45. The number of ether oxygens (including phenoxy) is 1. The number of halogens is 1. The fourth-order valence-electron chi connectivity index (χ4n) is 3.00. The molecule has 1 heterocycles. The van der Waals surface area contributed by atoms with Crippen molar-refractivity contribution in [2.75, 3.05) is 11.1 Å². The van der Waals surface area contributed by atoms with Crippen molar-refractivity contribution >= 4 is 40.6 Å². The van der Waals surface area contributed by atoms with Gasteiger partial charge in [0, 0.05) is 18.3 Å². The van der Waals surface area contributed by atoms with Crippen LogP contribution in [0.15, 0.2) is 60.3 Å². The number of aromatic nitrogens is 3. The molecule has 1 N–H and O–H groups in total. The van der Waals surface area contributed by atoms with E-state index in [4.69, 9.17) is 16.3 Å². The number of anilines is 1. The number of rotatable bonds is 11. The van der Waals surface area contributed by atoms with Crippen LogP contribution in [0, 0.1) is 10.1 Å². The average molecular weight is 502 g/mol. The zero-order valence-corrected chi connectivity index (χ0v) is 20.3. The summed E-state index contributed by atoms with van der Waals surface area (Å²) in [7, 11) is 0. The zero-order valence-electron chi connectivity index (χ0n) is 18.7. The van der Waals surface area contributed by atoms with E-state index in [1.807, 2.05) is 28.8 Å². The lowest BCUT2D eigenvalue weighted by atomic mass is 10.0. The summed E-state index contributed by atoms with van der Waals surface area (Å²) >= 11 is 7.00. The number of hydrogen-bond donors (Lipinski definition) is 1. The highest BCUT2D eigenvalue weighted by molar-refractivity contribution is 7.99. The van der Waals surface area contributed by atoms with Crippen molar-refractivity contribution in [1.29, 1.82) is 0 Å². The smallest absolute Gasteiger partial charge is 0.289 e. The second-order valence-corrected chi connectivity index (χ2v) is 8.92. The van der Waals surface area contributed by atoms with Crippen LogP contribution in [-0.4, -0.2) is 31.3 Å². The van der Waals surface area contributed by atoms with Gasteiger partial charge in [0.05, 0.1) is 10.7 Å². The second-order valence-electron chi connectivity index (χ2n) is 7.57. The first-order chi connectivity index (χ1) is 16.3. The van der Waals surface area contributed by atoms with Crippen molar-refractivity contribution in [3.8, 4) is 5.75 Å². The van der Waals surface area contributed by atoms with Crippen molar-refractivity contribution in [3.63, 3.8) is 0 Å². The van der Waals surface area contributed by atoms with Crippen molar-refractivity contribution in [3.05, 3.63) is 81.6 Å². The number of allylic oxidation sites excluding steroid dienone is 1. The Kier molecular flexibility index (Phi) is 8.67. The van der Waals surface area contributed by atoms with Gasteiger partial charge >= 0.3 is 0 Å². The predicted octanol–water partition coefficient (Wildman–Crippen LogP) is 5.46. The summed E-state index contributed by atoms with van der Waals surface area (Å²) in [6, 6.07) is 12.0. The molecule has 1 aromatic heterocycles. The summed E-state index contributed by atoms with van der Waals surface area (Å²) in [5, 5.41) is 22.6. The number of nitrogens with zero attached hydrogens (tertiary/aromatic N) is 4. The first-order valence-corrected chi connectivity index (χ1v) is 11.8. The lowest BCUT2D eigenvalue weighted by Crippen LogP contribution is -2.15. The number of carbonyl (C=O) groups excluding carboxylic acids is 1. The number of amides is 1. The van der Waals surface area contributed by atoms with Crippen molar-refractivity contribution in [2.24, 2.45) is 0 Å². The monoisotopic (exact) mass is 501 g/mol. The van der Waals surface area contributed by atoms with E-state index < -0.39 is 4.92 Å². The number of thioether (sulfide) groups is 1. The molecule has 3 aromatic rings. The van der Waals surface area contributed by atoms with Gasteiger partial charge in [-0.15, -0.1) is 16.8 Å². The fourth-order valence-corrected chi connectivity index (χ4v) is 3.95. The summed E-state index contributed by atoms with van der Waals surface area (Å²) in [4.78, 5) is 22.8. The van der Waals surface area contributed by atoms with Crippen LogP contribution >= 0.6 is 23.4 Å². The quantitative estimate of drug-likeness (QED) is 0.161. The fraction of sp³-hybridized carbons (Fsp3) is 0.261. The summed E-state index contributed by atoms with van der Waals surface area (Å²) in [5.41, 5.74) is 1.24. The lowest BCUT2D eigenvalue weighted by molar-refractivity contribution is -0.384. The molecule has 0 aliphatic rings. The molecule has 0 bridgehead atoms. The van der Waals surface area contributed by atoms with E-state index in [0.717, 1.165) is 5.75 Å². The van der Waals surface area contributed by atoms with Gasteiger partial charge in [0.25, 0.3) is 5.69 Å². The molecule has 0 aliphatic heterocycles. The molecule has 0 saturated heterocycles. The molecule has 11 heteroatoms. The Labute approximate surface area is 206 Å². The Morgan fingerprint density at radius 3 is 2.68 bits per heavy atom. The van der Waals surface area contributed by atoms with Crippen LogP contribution in [0.5, 0.6) is 5.75 Å². The predicted molar refractivity (Wildman–Crippen MR) is 133 cm³/mol. The van der Waals surface area contributed by atoms with E-state index in [9.17, 15) is 14.9 Å². The van der Waals surface area contributed by atoms with Crippen molar-refractivity contribution < 1.29 is 14.5 Å². The zero-order chi connectivity index (χ0) is 24.7. The van der Waals surface area contributed by atoms with Crippen LogP contribution < -0.4 is 10.1 Å². The van der Waals surface area contributed by atoms with Gasteiger partial charge in [0.2, 0.25) is 5.91 Å². The van der Waals surface area contributed by atoms with E-state index in [2.05, 4.69) is 35.9 Å². The molecule has 0 aliphatic carbocycles. The highest BCUT2D eigenvalue weighted by Gasteiger charge is 2.16. The van der Waals surface area contributed by atoms with E-state index in [1.165, 1.54) is 35.5 Å². The number of nitro groups is 1. The van der Waals surface area contributed by atoms with Gasteiger partial charge in [-0.05, 0) is 35.7 Å². The molecular weight excluding hydrogens is 478 g/mol.